The quantitative estimate of drug-likeness (QED) is 0.455. The third kappa shape index (κ3) is 8.06. The van der Waals surface area contributed by atoms with E-state index in [-0.39, 0.29) is 18.7 Å². The molecule has 7 nitrogen and oxygen atoms in total. The summed E-state index contributed by atoms with van der Waals surface area (Å²) in [6.07, 6.45) is 2.69. The molecule has 0 atom stereocenters. The highest BCUT2D eigenvalue weighted by molar-refractivity contribution is 6.32. The number of hydrogen-bond acceptors (Lipinski definition) is 4. The fourth-order valence-electron chi connectivity index (χ4n) is 2.26. The lowest BCUT2D eigenvalue weighted by atomic mass is 10.2. The van der Waals surface area contributed by atoms with Crippen molar-refractivity contribution in [1.29, 1.82) is 0 Å². The van der Waals surface area contributed by atoms with Gasteiger partial charge >= 0.3 is 0 Å². The molecule has 2 aromatic rings. The number of halogens is 1. The molecule has 8 heteroatoms. The van der Waals surface area contributed by atoms with E-state index < -0.39 is 11.8 Å². The van der Waals surface area contributed by atoms with Crippen LogP contribution in [0.3, 0.4) is 0 Å². The van der Waals surface area contributed by atoms with Crippen molar-refractivity contribution in [2.75, 3.05) is 11.9 Å². The Morgan fingerprint density at radius 3 is 2.34 bits per heavy atom. The van der Waals surface area contributed by atoms with Gasteiger partial charge in [0, 0.05) is 29.6 Å². The van der Waals surface area contributed by atoms with Crippen LogP contribution in [0.5, 0.6) is 5.75 Å². The van der Waals surface area contributed by atoms with E-state index in [0.29, 0.717) is 28.6 Å². The molecule has 152 valence electrons. The molecule has 0 aliphatic rings. The number of ether oxygens (including phenoxy) is 1. The number of carbonyl (C=O) groups is 3. The van der Waals surface area contributed by atoms with Crippen LogP contribution in [0.15, 0.2) is 54.6 Å². The second kappa shape index (κ2) is 11.5. The highest BCUT2D eigenvalue weighted by Gasteiger charge is 2.08. The third-order valence-electron chi connectivity index (χ3n) is 3.67. The molecular formula is C21H22ClN3O4. The van der Waals surface area contributed by atoms with Crippen molar-refractivity contribution in [2.24, 2.45) is 0 Å². The van der Waals surface area contributed by atoms with Gasteiger partial charge in [0.25, 0.3) is 5.91 Å². The SMILES string of the molecule is CCOc1ccc(NC(=O)CCC(=O)NNC(=O)C=Cc2ccccc2Cl)cc1. The Balaban J connectivity index is 1.69. The molecule has 0 bridgehead atoms. The Morgan fingerprint density at radius 2 is 1.66 bits per heavy atom. The van der Waals surface area contributed by atoms with Crippen molar-refractivity contribution < 1.29 is 19.1 Å². The summed E-state index contributed by atoms with van der Waals surface area (Å²) in [7, 11) is 0. The van der Waals surface area contributed by atoms with Gasteiger partial charge in [-0.15, -0.1) is 0 Å². The molecule has 0 saturated heterocycles. The molecule has 0 unspecified atom stereocenters. The van der Waals surface area contributed by atoms with Gasteiger partial charge in [-0.1, -0.05) is 29.8 Å². The summed E-state index contributed by atoms with van der Waals surface area (Å²) in [6.45, 7) is 2.45. The van der Waals surface area contributed by atoms with E-state index in [2.05, 4.69) is 16.2 Å². The Morgan fingerprint density at radius 1 is 0.966 bits per heavy atom. The predicted molar refractivity (Wildman–Crippen MR) is 112 cm³/mol. The lowest BCUT2D eigenvalue weighted by Crippen LogP contribution is -2.41. The standard InChI is InChI=1S/C21H22ClN3O4/c1-2-29-17-10-8-16(9-11-17)23-19(26)13-14-21(28)25-24-20(27)12-7-15-5-3-4-6-18(15)22/h3-12H,2,13-14H2,1H3,(H,23,26)(H,24,27)(H,25,28). The van der Waals surface area contributed by atoms with Gasteiger partial charge in [-0.3, -0.25) is 25.2 Å². The number of amides is 3. The van der Waals surface area contributed by atoms with E-state index in [1.807, 2.05) is 6.92 Å². The van der Waals surface area contributed by atoms with E-state index in [1.54, 1.807) is 48.5 Å². The van der Waals surface area contributed by atoms with E-state index in [4.69, 9.17) is 16.3 Å². The van der Waals surface area contributed by atoms with E-state index in [1.165, 1.54) is 12.2 Å². The molecule has 2 aromatic carbocycles. The van der Waals surface area contributed by atoms with Crippen molar-refractivity contribution in [3.63, 3.8) is 0 Å². The molecule has 0 aliphatic heterocycles. The van der Waals surface area contributed by atoms with Crippen molar-refractivity contribution in [1.82, 2.24) is 10.9 Å². The summed E-state index contributed by atoms with van der Waals surface area (Å²) in [5, 5.41) is 3.20. The van der Waals surface area contributed by atoms with Crippen molar-refractivity contribution in [3.05, 3.63) is 65.2 Å². The number of anilines is 1. The first-order valence-electron chi connectivity index (χ1n) is 9.02. The number of hydrogen-bond donors (Lipinski definition) is 3. The fraction of sp³-hybridized carbons (Fsp3) is 0.190. The zero-order valence-corrected chi connectivity index (χ0v) is 16.7. The first kappa shape index (κ1) is 22.0. The lowest BCUT2D eigenvalue weighted by Gasteiger charge is -2.08. The van der Waals surface area contributed by atoms with Crippen LogP contribution in [0, 0.1) is 0 Å². The monoisotopic (exact) mass is 415 g/mol. The summed E-state index contributed by atoms with van der Waals surface area (Å²) in [6, 6.07) is 14.0. The smallest absolute Gasteiger partial charge is 0.262 e. The largest absolute Gasteiger partial charge is 0.494 e. The molecule has 3 N–H and O–H groups in total. The number of carbonyl (C=O) groups excluding carboxylic acids is 3. The van der Waals surface area contributed by atoms with Crippen LogP contribution < -0.4 is 20.9 Å². The van der Waals surface area contributed by atoms with Crippen LogP contribution in [-0.4, -0.2) is 24.3 Å². The lowest BCUT2D eigenvalue weighted by molar-refractivity contribution is -0.128. The zero-order chi connectivity index (χ0) is 21.1. The van der Waals surface area contributed by atoms with Gasteiger partial charge in [0.15, 0.2) is 0 Å². The van der Waals surface area contributed by atoms with Crippen molar-refractivity contribution >= 4 is 41.1 Å². The van der Waals surface area contributed by atoms with Gasteiger partial charge in [0.1, 0.15) is 5.75 Å². The Hall–Kier alpha value is -3.32. The molecule has 0 aliphatic carbocycles. The van der Waals surface area contributed by atoms with Crippen LogP contribution in [0.1, 0.15) is 25.3 Å². The molecule has 2 rings (SSSR count). The number of nitrogens with one attached hydrogen (secondary N) is 3. The average molecular weight is 416 g/mol. The molecule has 0 fully saturated rings. The maximum absolute atomic E-state index is 11.9. The molecule has 0 aromatic heterocycles. The van der Waals surface area contributed by atoms with Gasteiger partial charge < -0.3 is 10.1 Å². The van der Waals surface area contributed by atoms with Crippen LogP contribution in [-0.2, 0) is 14.4 Å². The molecule has 29 heavy (non-hydrogen) atoms. The summed E-state index contributed by atoms with van der Waals surface area (Å²) >= 11 is 5.99. The minimum atomic E-state index is -0.517. The second-order valence-electron chi connectivity index (χ2n) is 5.90. The third-order valence-corrected chi connectivity index (χ3v) is 4.02. The maximum Gasteiger partial charge on any atom is 0.262 e. The number of hydrazine groups is 1. The molecule has 3 amide bonds. The topological polar surface area (TPSA) is 96.5 Å². The zero-order valence-electron chi connectivity index (χ0n) is 15.9. The van der Waals surface area contributed by atoms with E-state index >= 15 is 0 Å². The van der Waals surface area contributed by atoms with Crippen LogP contribution in [0.4, 0.5) is 5.69 Å². The molecule has 0 saturated carbocycles. The molecule has 0 heterocycles. The van der Waals surface area contributed by atoms with Crippen molar-refractivity contribution in [2.45, 2.75) is 19.8 Å². The Bertz CT molecular complexity index is 882. The number of rotatable bonds is 8. The van der Waals surface area contributed by atoms with Gasteiger partial charge in [-0.25, -0.2) is 0 Å². The highest BCUT2D eigenvalue weighted by Crippen LogP contribution is 2.16. The average Bonchev–Trinajstić information content (AvgIpc) is 2.72. The minimum absolute atomic E-state index is 0.0234. The fourth-order valence-corrected chi connectivity index (χ4v) is 2.46. The minimum Gasteiger partial charge on any atom is -0.494 e. The molecule has 0 spiro atoms. The normalized spacial score (nSPS) is 10.4. The highest BCUT2D eigenvalue weighted by atomic mass is 35.5. The second-order valence-corrected chi connectivity index (χ2v) is 6.31. The van der Waals surface area contributed by atoms with Gasteiger partial charge in [-0.05, 0) is 48.9 Å². The first-order chi connectivity index (χ1) is 14.0. The number of benzene rings is 2. The first-order valence-corrected chi connectivity index (χ1v) is 9.40. The molecule has 0 radical (unpaired) electrons. The van der Waals surface area contributed by atoms with Crippen molar-refractivity contribution in [3.8, 4) is 5.75 Å². The summed E-state index contributed by atoms with van der Waals surface area (Å²) in [5.41, 5.74) is 5.79. The van der Waals surface area contributed by atoms with E-state index in [9.17, 15) is 14.4 Å². The van der Waals surface area contributed by atoms with Gasteiger partial charge in [-0.2, -0.15) is 0 Å². The summed E-state index contributed by atoms with van der Waals surface area (Å²) in [4.78, 5) is 35.4. The Labute approximate surface area is 174 Å². The summed E-state index contributed by atoms with van der Waals surface area (Å²) < 4.78 is 5.33. The summed E-state index contributed by atoms with van der Waals surface area (Å²) in [5.74, 6) is -0.595. The van der Waals surface area contributed by atoms with Crippen LogP contribution in [0.25, 0.3) is 6.08 Å². The van der Waals surface area contributed by atoms with Crippen LogP contribution >= 0.6 is 11.6 Å². The Kier molecular flexibility index (Phi) is 8.72. The molecular weight excluding hydrogens is 394 g/mol. The van der Waals surface area contributed by atoms with E-state index in [0.717, 1.165) is 0 Å². The predicted octanol–water partition coefficient (Wildman–Crippen LogP) is 3.32. The van der Waals surface area contributed by atoms with Crippen LogP contribution in [0.2, 0.25) is 5.02 Å². The van der Waals surface area contributed by atoms with Gasteiger partial charge in [0.05, 0.1) is 6.61 Å². The maximum atomic E-state index is 11.9. The van der Waals surface area contributed by atoms with Gasteiger partial charge in [0.2, 0.25) is 11.8 Å².